The van der Waals surface area contributed by atoms with Gasteiger partial charge in [0.25, 0.3) is 0 Å². The smallest absolute Gasteiger partial charge is 0.339 e. The zero-order valence-corrected chi connectivity index (χ0v) is 13.1. The number of ether oxygens (including phenoxy) is 2. The highest BCUT2D eigenvalue weighted by atomic mass is 35.5. The fourth-order valence-electron chi connectivity index (χ4n) is 2.05. The van der Waals surface area contributed by atoms with Gasteiger partial charge in [0.1, 0.15) is 11.9 Å². The first-order chi connectivity index (χ1) is 11.1. The normalized spacial score (nSPS) is 11.6. The van der Waals surface area contributed by atoms with Crippen molar-refractivity contribution in [3.63, 3.8) is 0 Å². The fraction of sp³-hybridized carbons (Fsp3) is 0.176. The molecule has 0 fully saturated rings. The van der Waals surface area contributed by atoms with E-state index in [0.29, 0.717) is 11.3 Å². The molecule has 1 N–H and O–H groups in total. The van der Waals surface area contributed by atoms with Gasteiger partial charge in [-0.15, -0.1) is 11.6 Å². The Labute approximate surface area is 138 Å². The highest BCUT2D eigenvalue weighted by Crippen LogP contribution is 2.24. The molecule has 2 rings (SSSR count). The quantitative estimate of drug-likeness (QED) is 0.646. The van der Waals surface area contributed by atoms with Crippen LogP contribution in [0.5, 0.6) is 5.75 Å². The fourth-order valence-corrected chi connectivity index (χ4v) is 2.29. The van der Waals surface area contributed by atoms with Gasteiger partial charge in [0.15, 0.2) is 0 Å². The van der Waals surface area contributed by atoms with E-state index in [1.54, 1.807) is 43.5 Å². The number of hydrogen-bond donors (Lipinski definition) is 1. The zero-order valence-electron chi connectivity index (χ0n) is 12.4. The highest BCUT2D eigenvalue weighted by molar-refractivity contribution is 6.18. The summed E-state index contributed by atoms with van der Waals surface area (Å²) in [6.45, 7) is 0. The molecule has 0 aliphatic carbocycles. The Morgan fingerprint density at radius 1 is 1.09 bits per heavy atom. The molecule has 0 spiro atoms. The van der Waals surface area contributed by atoms with Crippen LogP contribution in [0.3, 0.4) is 0 Å². The van der Waals surface area contributed by atoms with Gasteiger partial charge in [0, 0.05) is 0 Å². The van der Waals surface area contributed by atoms with E-state index in [9.17, 15) is 9.59 Å². The monoisotopic (exact) mass is 334 g/mol. The van der Waals surface area contributed by atoms with Crippen molar-refractivity contribution in [1.82, 2.24) is 0 Å². The summed E-state index contributed by atoms with van der Waals surface area (Å²) in [5.74, 6) is -1.20. The number of benzene rings is 2. The van der Waals surface area contributed by atoms with Crippen LogP contribution in [0.25, 0.3) is 0 Å². The summed E-state index contributed by atoms with van der Waals surface area (Å²) in [5, 5.41) is 9.13. The third-order valence-corrected chi connectivity index (χ3v) is 3.53. The predicted octanol–water partition coefficient (Wildman–Crippen LogP) is 3.53. The third kappa shape index (κ3) is 4.02. The van der Waals surface area contributed by atoms with Gasteiger partial charge in [-0.25, -0.2) is 9.59 Å². The predicted molar refractivity (Wildman–Crippen MR) is 85.3 cm³/mol. The lowest BCUT2D eigenvalue weighted by molar-refractivity contribution is 0.0338. The average molecular weight is 335 g/mol. The Hall–Kier alpha value is -2.53. The van der Waals surface area contributed by atoms with E-state index in [2.05, 4.69) is 0 Å². The SMILES string of the molecule is COc1ccc(C(CCl)OC(=O)c2ccccc2C(=O)O)cc1. The molecule has 0 aliphatic heterocycles. The molecule has 5 nitrogen and oxygen atoms in total. The van der Waals surface area contributed by atoms with Gasteiger partial charge in [0.2, 0.25) is 0 Å². The Morgan fingerprint density at radius 2 is 1.70 bits per heavy atom. The van der Waals surface area contributed by atoms with Crippen LogP contribution in [0.2, 0.25) is 0 Å². The van der Waals surface area contributed by atoms with E-state index in [0.717, 1.165) is 0 Å². The molecule has 1 atom stereocenters. The molecule has 0 saturated carbocycles. The molecule has 0 radical (unpaired) electrons. The minimum Gasteiger partial charge on any atom is -0.497 e. The molecule has 1 unspecified atom stereocenters. The Morgan fingerprint density at radius 3 is 2.22 bits per heavy atom. The Kier molecular flexibility index (Phi) is 5.60. The van der Waals surface area contributed by atoms with E-state index in [-0.39, 0.29) is 17.0 Å². The van der Waals surface area contributed by atoms with Crippen LogP contribution >= 0.6 is 11.6 Å². The van der Waals surface area contributed by atoms with E-state index in [4.69, 9.17) is 26.2 Å². The minimum absolute atomic E-state index is 0.0105. The molecular formula is C17H15ClO5. The molecule has 2 aromatic carbocycles. The number of halogens is 1. The maximum Gasteiger partial charge on any atom is 0.339 e. The van der Waals surface area contributed by atoms with Crippen molar-refractivity contribution in [2.24, 2.45) is 0 Å². The molecular weight excluding hydrogens is 320 g/mol. The summed E-state index contributed by atoms with van der Waals surface area (Å²) in [6, 6.07) is 12.8. The molecule has 23 heavy (non-hydrogen) atoms. The number of hydrogen-bond acceptors (Lipinski definition) is 4. The van der Waals surface area contributed by atoms with Crippen LogP contribution in [-0.2, 0) is 4.74 Å². The van der Waals surface area contributed by atoms with Crippen LogP contribution in [0.15, 0.2) is 48.5 Å². The van der Waals surface area contributed by atoms with Crippen molar-refractivity contribution in [3.8, 4) is 5.75 Å². The van der Waals surface area contributed by atoms with Gasteiger partial charge in [-0.2, -0.15) is 0 Å². The van der Waals surface area contributed by atoms with Crippen LogP contribution in [-0.4, -0.2) is 30.0 Å². The van der Waals surface area contributed by atoms with Gasteiger partial charge < -0.3 is 14.6 Å². The lowest BCUT2D eigenvalue weighted by atomic mass is 10.1. The van der Waals surface area contributed by atoms with Crippen LogP contribution in [0.1, 0.15) is 32.4 Å². The van der Waals surface area contributed by atoms with Gasteiger partial charge in [-0.3, -0.25) is 0 Å². The second-order valence-corrected chi connectivity index (χ2v) is 4.98. The number of carboxylic acid groups (broad SMARTS) is 1. The van der Waals surface area contributed by atoms with Crippen molar-refractivity contribution in [3.05, 3.63) is 65.2 Å². The summed E-state index contributed by atoms with van der Waals surface area (Å²) >= 11 is 5.88. The molecule has 2 aromatic rings. The largest absolute Gasteiger partial charge is 0.497 e. The first-order valence-electron chi connectivity index (χ1n) is 6.80. The van der Waals surface area contributed by atoms with Crippen molar-refractivity contribution in [1.29, 1.82) is 0 Å². The van der Waals surface area contributed by atoms with E-state index >= 15 is 0 Å². The number of carbonyl (C=O) groups is 2. The summed E-state index contributed by atoms with van der Waals surface area (Å²) < 4.78 is 10.4. The molecule has 0 heterocycles. The van der Waals surface area contributed by atoms with Crippen LogP contribution in [0, 0.1) is 0 Å². The van der Waals surface area contributed by atoms with Gasteiger partial charge in [-0.1, -0.05) is 24.3 Å². The standard InChI is InChI=1S/C17H15ClO5/c1-22-12-8-6-11(7-9-12)15(10-18)23-17(21)14-5-3-2-4-13(14)16(19)20/h2-9,15H,10H2,1H3,(H,19,20). The number of carboxylic acids is 1. The summed E-state index contributed by atoms with van der Waals surface area (Å²) in [4.78, 5) is 23.4. The van der Waals surface area contributed by atoms with Crippen molar-refractivity contribution >= 4 is 23.5 Å². The molecule has 120 valence electrons. The Bertz CT molecular complexity index is 696. The van der Waals surface area contributed by atoms with Gasteiger partial charge in [-0.05, 0) is 29.8 Å². The number of methoxy groups -OCH3 is 1. The first kappa shape index (κ1) is 16.8. The number of alkyl halides is 1. The Balaban J connectivity index is 2.21. The lowest BCUT2D eigenvalue weighted by Crippen LogP contribution is -2.16. The molecule has 0 aromatic heterocycles. The topological polar surface area (TPSA) is 72.8 Å². The number of esters is 1. The third-order valence-electron chi connectivity index (χ3n) is 3.25. The molecule has 0 saturated heterocycles. The molecule has 6 heteroatoms. The van der Waals surface area contributed by atoms with E-state index < -0.39 is 18.0 Å². The van der Waals surface area contributed by atoms with Crippen molar-refractivity contribution in [2.75, 3.05) is 13.0 Å². The van der Waals surface area contributed by atoms with E-state index in [1.165, 1.54) is 12.1 Å². The number of aromatic carboxylic acids is 1. The summed E-state index contributed by atoms with van der Waals surface area (Å²) in [6.07, 6.45) is -0.683. The maximum absolute atomic E-state index is 12.3. The second-order valence-electron chi connectivity index (χ2n) is 4.67. The molecule has 0 amide bonds. The summed E-state index contributed by atoms with van der Waals surface area (Å²) in [5.41, 5.74) is 0.575. The van der Waals surface area contributed by atoms with Crippen LogP contribution in [0.4, 0.5) is 0 Å². The lowest BCUT2D eigenvalue weighted by Gasteiger charge is -2.16. The maximum atomic E-state index is 12.3. The zero-order chi connectivity index (χ0) is 16.8. The van der Waals surface area contributed by atoms with Crippen molar-refractivity contribution in [2.45, 2.75) is 6.10 Å². The minimum atomic E-state index is -1.19. The van der Waals surface area contributed by atoms with E-state index in [1.807, 2.05) is 0 Å². The number of carbonyl (C=O) groups excluding carboxylic acids is 1. The van der Waals surface area contributed by atoms with Crippen LogP contribution < -0.4 is 4.74 Å². The molecule has 0 aliphatic rings. The second kappa shape index (κ2) is 7.65. The number of rotatable bonds is 6. The van der Waals surface area contributed by atoms with Gasteiger partial charge >= 0.3 is 11.9 Å². The average Bonchev–Trinajstić information content (AvgIpc) is 2.59. The van der Waals surface area contributed by atoms with Crippen molar-refractivity contribution < 1.29 is 24.2 Å². The van der Waals surface area contributed by atoms with Gasteiger partial charge in [0.05, 0.1) is 24.1 Å². The first-order valence-corrected chi connectivity index (χ1v) is 7.33. The molecule has 0 bridgehead atoms. The summed E-state index contributed by atoms with van der Waals surface area (Å²) in [7, 11) is 1.55. The highest BCUT2D eigenvalue weighted by Gasteiger charge is 2.21.